The van der Waals surface area contributed by atoms with Crippen LogP contribution in [-0.4, -0.2) is 19.0 Å². The van der Waals surface area contributed by atoms with E-state index in [1.54, 1.807) is 31.2 Å². The van der Waals surface area contributed by atoms with Crippen molar-refractivity contribution >= 4 is 21.9 Å². The Morgan fingerprint density at radius 2 is 1.89 bits per heavy atom. The molecule has 0 heterocycles. The molecular weight excluding hydrogens is 322 g/mol. The second kappa shape index (κ2) is 7.89. The number of benzene rings is 1. The smallest absolute Gasteiger partial charge is 0.344 e. The first-order chi connectivity index (χ1) is 9.06. The predicted octanol–water partition coefficient (Wildman–Crippen LogP) is 3.64. The van der Waals surface area contributed by atoms with Crippen molar-refractivity contribution in [2.45, 2.75) is 20.0 Å². The first-order valence-corrected chi connectivity index (χ1v) is 6.37. The first kappa shape index (κ1) is 15.6. The number of carbonyl (C=O) groups is 1. The molecule has 0 N–H and O–H groups in total. The van der Waals surface area contributed by atoms with Crippen LogP contribution in [0.3, 0.4) is 0 Å². The highest BCUT2D eigenvalue weighted by molar-refractivity contribution is 9.11. The molecule has 0 spiro atoms. The third-order valence-electron chi connectivity index (χ3n) is 2.13. The van der Waals surface area contributed by atoms with E-state index in [0.717, 1.165) is 5.56 Å². The minimum atomic E-state index is -2.97. The van der Waals surface area contributed by atoms with Gasteiger partial charge in [0, 0.05) is 0 Å². The molecule has 104 valence electrons. The average Bonchev–Trinajstić information content (AvgIpc) is 2.37. The first-order valence-electron chi connectivity index (χ1n) is 5.58. The number of rotatable bonds is 6. The molecule has 1 rings (SSSR count). The molecule has 0 aliphatic heterocycles. The molecule has 1 aromatic rings. The van der Waals surface area contributed by atoms with Crippen LogP contribution in [0.15, 0.2) is 40.6 Å². The molecule has 6 heteroatoms. The molecule has 0 aliphatic carbocycles. The fourth-order valence-corrected chi connectivity index (χ4v) is 1.71. The zero-order chi connectivity index (χ0) is 14.3. The molecule has 1 aromatic carbocycles. The Kier molecular flexibility index (Phi) is 6.49. The standard InChI is InChI=1S/C13H13BrF2O3/c1-2-18-13(17)10(12(15)16)11(14)19-8-9-6-4-3-5-7-9/h3-7,12H,2,8H2,1H3. The van der Waals surface area contributed by atoms with E-state index in [9.17, 15) is 13.6 Å². The molecule has 0 aliphatic rings. The third-order valence-corrected chi connectivity index (χ3v) is 2.79. The Morgan fingerprint density at radius 1 is 1.26 bits per heavy atom. The van der Waals surface area contributed by atoms with Gasteiger partial charge in [0.25, 0.3) is 6.43 Å². The largest absolute Gasteiger partial charge is 0.481 e. The summed E-state index contributed by atoms with van der Waals surface area (Å²) in [5, 5.41) is 0. The summed E-state index contributed by atoms with van der Waals surface area (Å²) in [7, 11) is 0. The van der Waals surface area contributed by atoms with Crippen molar-refractivity contribution in [1.29, 1.82) is 0 Å². The quantitative estimate of drug-likeness (QED) is 0.452. The number of ether oxygens (including phenoxy) is 2. The summed E-state index contributed by atoms with van der Waals surface area (Å²) in [6, 6.07) is 9.00. The van der Waals surface area contributed by atoms with Crippen LogP contribution >= 0.6 is 15.9 Å². The van der Waals surface area contributed by atoms with Crippen LogP contribution in [0.25, 0.3) is 0 Å². The van der Waals surface area contributed by atoms with Gasteiger partial charge in [-0.3, -0.25) is 0 Å². The lowest BCUT2D eigenvalue weighted by Gasteiger charge is -2.10. The summed E-state index contributed by atoms with van der Waals surface area (Å²) in [5.41, 5.74) is -0.00490. The lowest BCUT2D eigenvalue weighted by atomic mass is 10.2. The number of carbonyl (C=O) groups excluding carboxylic acids is 1. The number of halogens is 3. The molecule has 0 saturated carbocycles. The predicted molar refractivity (Wildman–Crippen MR) is 69.8 cm³/mol. The van der Waals surface area contributed by atoms with E-state index in [1.165, 1.54) is 0 Å². The summed E-state index contributed by atoms with van der Waals surface area (Å²) in [5.74, 6) is -1.09. The zero-order valence-corrected chi connectivity index (χ0v) is 11.8. The Labute approximate surface area is 118 Å². The summed E-state index contributed by atoms with van der Waals surface area (Å²) in [6.45, 7) is 1.64. The molecule has 0 aromatic heterocycles. The van der Waals surface area contributed by atoms with Crippen LogP contribution < -0.4 is 0 Å². The van der Waals surface area contributed by atoms with E-state index in [1.807, 2.05) is 6.07 Å². The number of alkyl halides is 2. The molecule has 0 amide bonds. The second-order valence-corrected chi connectivity index (χ2v) is 4.20. The lowest BCUT2D eigenvalue weighted by molar-refractivity contribution is -0.140. The highest BCUT2D eigenvalue weighted by atomic mass is 79.9. The van der Waals surface area contributed by atoms with Gasteiger partial charge in [-0.2, -0.15) is 0 Å². The minimum absolute atomic E-state index is 0.0218. The van der Waals surface area contributed by atoms with E-state index in [-0.39, 0.29) is 17.9 Å². The van der Waals surface area contributed by atoms with Crippen LogP contribution in [0.1, 0.15) is 12.5 Å². The van der Waals surface area contributed by atoms with Gasteiger partial charge in [-0.15, -0.1) is 0 Å². The summed E-state index contributed by atoms with van der Waals surface area (Å²) >= 11 is 2.85. The average molecular weight is 335 g/mol. The van der Waals surface area contributed by atoms with Gasteiger partial charge in [0.2, 0.25) is 0 Å². The Morgan fingerprint density at radius 3 is 2.42 bits per heavy atom. The van der Waals surface area contributed by atoms with Gasteiger partial charge in [-0.25, -0.2) is 13.6 Å². The van der Waals surface area contributed by atoms with Crippen molar-refractivity contribution in [2.24, 2.45) is 0 Å². The lowest BCUT2D eigenvalue weighted by Crippen LogP contribution is -2.16. The van der Waals surface area contributed by atoms with Crippen LogP contribution in [0, 0.1) is 0 Å². The van der Waals surface area contributed by atoms with Gasteiger partial charge in [-0.05, 0) is 28.4 Å². The Hall–Kier alpha value is -1.43. The number of hydrogen-bond donors (Lipinski definition) is 0. The van der Waals surface area contributed by atoms with Crippen molar-refractivity contribution in [3.63, 3.8) is 0 Å². The molecule has 0 fully saturated rings. The highest BCUT2D eigenvalue weighted by Crippen LogP contribution is 2.22. The molecule has 0 saturated heterocycles. The molecule has 0 bridgehead atoms. The fourth-order valence-electron chi connectivity index (χ4n) is 1.26. The van der Waals surface area contributed by atoms with Crippen molar-refractivity contribution in [3.05, 3.63) is 46.1 Å². The maximum absolute atomic E-state index is 12.8. The van der Waals surface area contributed by atoms with Gasteiger partial charge in [-0.1, -0.05) is 30.3 Å². The van der Waals surface area contributed by atoms with Crippen LogP contribution in [-0.2, 0) is 20.9 Å². The van der Waals surface area contributed by atoms with Crippen LogP contribution in [0.4, 0.5) is 8.78 Å². The van der Waals surface area contributed by atoms with Gasteiger partial charge >= 0.3 is 5.97 Å². The minimum Gasteiger partial charge on any atom is -0.481 e. The van der Waals surface area contributed by atoms with E-state index >= 15 is 0 Å². The van der Waals surface area contributed by atoms with Gasteiger partial charge in [0.1, 0.15) is 6.61 Å². The molecule has 3 nitrogen and oxygen atoms in total. The molecule has 19 heavy (non-hydrogen) atoms. The van der Waals surface area contributed by atoms with Crippen molar-refractivity contribution in [2.75, 3.05) is 6.61 Å². The summed E-state index contributed by atoms with van der Waals surface area (Å²) in [6.07, 6.45) is -2.97. The normalized spacial score (nSPS) is 12.1. The highest BCUT2D eigenvalue weighted by Gasteiger charge is 2.26. The van der Waals surface area contributed by atoms with Gasteiger partial charge in [0.05, 0.1) is 6.61 Å². The van der Waals surface area contributed by atoms with Crippen molar-refractivity contribution < 1.29 is 23.0 Å². The van der Waals surface area contributed by atoms with Crippen molar-refractivity contribution in [1.82, 2.24) is 0 Å². The van der Waals surface area contributed by atoms with E-state index in [4.69, 9.17) is 4.74 Å². The summed E-state index contributed by atoms with van der Waals surface area (Å²) in [4.78, 5) is 11.4. The topological polar surface area (TPSA) is 35.5 Å². The zero-order valence-electron chi connectivity index (χ0n) is 10.2. The fraction of sp³-hybridized carbons (Fsp3) is 0.308. The maximum Gasteiger partial charge on any atom is 0.344 e. The van der Waals surface area contributed by atoms with Gasteiger partial charge in [0.15, 0.2) is 10.2 Å². The molecule has 0 unspecified atom stereocenters. The second-order valence-electron chi connectivity index (χ2n) is 3.48. The van der Waals surface area contributed by atoms with E-state index in [2.05, 4.69) is 20.7 Å². The van der Waals surface area contributed by atoms with E-state index < -0.39 is 18.0 Å². The molecule has 0 radical (unpaired) electrons. The van der Waals surface area contributed by atoms with Gasteiger partial charge < -0.3 is 9.47 Å². The Balaban J connectivity index is 2.76. The number of hydrogen-bond acceptors (Lipinski definition) is 3. The third kappa shape index (κ3) is 4.98. The van der Waals surface area contributed by atoms with Crippen molar-refractivity contribution in [3.8, 4) is 0 Å². The summed E-state index contributed by atoms with van der Waals surface area (Å²) < 4.78 is 34.9. The molecular formula is C13H13BrF2O3. The van der Waals surface area contributed by atoms with Crippen LogP contribution in [0.5, 0.6) is 0 Å². The SMILES string of the molecule is CCOC(=O)C(=C(Br)OCc1ccccc1)C(F)F. The Bertz CT molecular complexity index is 446. The monoisotopic (exact) mass is 334 g/mol. The number of esters is 1. The molecule has 0 atom stereocenters. The van der Waals surface area contributed by atoms with E-state index in [0.29, 0.717) is 0 Å². The van der Waals surface area contributed by atoms with Crippen LogP contribution in [0.2, 0.25) is 0 Å². The maximum atomic E-state index is 12.8.